The van der Waals surface area contributed by atoms with Gasteiger partial charge in [0.15, 0.2) is 4.88 Å². The maximum Gasteiger partial charge on any atom is 0.351 e. The Morgan fingerprint density at radius 3 is 2.30 bits per heavy atom. The van der Waals surface area contributed by atoms with Crippen molar-refractivity contribution in [2.75, 3.05) is 14.2 Å². The second-order valence-electron chi connectivity index (χ2n) is 4.78. The van der Waals surface area contributed by atoms with Crippen molar-refractivity contribution in [3.8, 4) is 16.2 Å². The van der Waals surface area contributed by atoms with Crippen molar-refractivity contribution in [1.82, 2.24) is 0 Å². The van der Waals surface area contributed by atoms with E-state index in [2.05, 4.69) is 38.1 Å². The van der Waals surface area contributed by atoms with E-state index in [1.165, 1.54) is 24.0 Å². The number of benzene rings is 1. The summed E-state index contributed by atoms with van der Waals surface area (Å²) >= 11 is 1.38. The first-order valence-electron chi connectivity index (χ1n) is 6.43. The summed E-state index contributed by atoms with van der Waals surface area (Å²) in [6.07, 6.45) is 0. The Bertz CT molecular complexity index is 597. The summed E-state index contributed by atoms with van der Waals surface area (Å²) in [5.41, 5.74) is 2.37. The van der Waals surface area contributed by atoms with Crippen molar-refractivity contribution in [3.63, 3.8) is 0 Å². The van der Waals surface area contributed by atoms with E-state index in [0.717, 1.165) is 10.4 Å². The van der Waals surface area contributed by atoms with Crippen LogP contribution in [0, 0.1) is 0 Å². The SMILES string of the molecule is COC(=O)c1sc(-c2ccc(C(C)C)cc2)cc1OC. The van der Waals surface area contributed by atoms with Gasteiger partial charge in [-0.05, 0) is 23.1 Å². The molecule has 106 valence electrons. The molecule has 0 N–H and O–H groups in total. The normalized spacial score (nSPS) is 10.7. The van der Waals surface area contributed by atoms with Crippen LogP contribution >= 0.6 is 11.3 Å². The fourth-order valence-corrected chi connectivity index (χ4v) is 2.98. The van der Waals surface area contributed by atoms with E-state index in [1.807, 2.05) is 6.07 Å². The molecule has 1 aromatic carbocycles. The van der Waals surface area contributed by atoms with Crippen LogP contribution in [-0.2, 0) is 4.74 Å². The molecule has 0 aliphatic heterocycles. The van der Waals surface area contributed by atoms with Crippen molar-refractivity contribution >= 4 is 17.3 Å². The van der Waals surface area contributed by atoms with Crippen molar-refractivity contribution in [3.05, 3.63) is 40.8 Å². The third-order valence-electron chi connectivity index (χ3n) is 3.15. The van der Waals surface area contributed by atoms with Crippen LogP contribution in [0.4, 0.5) is 0 Å². The first kappa shape index (κ1) is 14.6. The minimum absolute atomic E-state index is 0.364. The summed E-state index contributed by atoms with van der Waals surface area (Å²) in [6.45, 7) is 4.33. The molecule has 0 saturated heterocycles. The molecule has 0 spiro atoms. The molecule has 0 aliphatic carbocycles. The first-order chi connectivity index (χ1) is 9.56. The largest absolute Gasteiger partial charge is 0.495 e. The third-order valence-corrected chi connectivity index (χ3v) is 4.30. The number of rotatable bonds is 4. The zero-order chi connectivity index (χ0) is 14.7. The van der Waals surface area contributed by atoms with Gasteiger partial charge in [0, 0.05) is 4.88 Å². The molecule has 2 rings (SSSR count). The molecule has 0 radical (unpaired) electrons. The Kier molecular flexibility index (Phi) is 4.45. The van der Waals surface area contributed by atoms with Crippen LogP contribution in [0.3, 0.4) is 0 Å². The molecule has 0 fully saturated rings. The highest BCUT2D eigenvalue weighted by Gasteiger charge is 2.18. The maximum atomic E-state index is 11.7. The molecule has 0 aliphatic rings. The fraction of sp³-hybridized carbons (Fsp3) is 0.312. The minimum Gasteiger partial charge on any atom is -0.495 e. The molecular weight excluding hydrogens is 272 g/mol. The molecule has 0 bridgehead atoms. The van der Waals surface area contributed by atoms with Gasteiger partial charge in [0.1, 0.15) is 5.75 Å². The van der Waals surface area contributed by atoms with Gasteiger partial charge in [0.25, 0.3) is 0 Å². The van der Waals surface area contributed by atoms with E-state index in [1.54, 1.807) is 7.11 Å². The molecule has 0 unspecified atom stereocenters. The monoisotopic (exact) mass is 290 g/mol. The summed E-state index contributed by atoms with van der Waals surface area (Å²) in [5, 5.41) is 0. The number of carbonyl (C=O) groups excluding carboxylic acids is 1. The van der Waals surface area contributed by atoms with E-state index < -0.39 is 0 Å². The summed E-state index contributed by atoms with van der Waals surface area (Å²) in [7, 11) is 2.93. The van der Waals surface area contributed by atoms with Crippen LogP contribution in [0.5, 0.6) is 5.75 Å². The number of esters is 1. The van der Waals surface area contributed by atoms with Crippen LogP contribution < -0.4 is 4.74 Å². The van der Waals surface area contributed by atoms with Gasteiger partial charge in [-0.15, -0.1) is 11.3 Å². The van der Waals surface area contributed by atoms with Crippen LogP contribution in [0.15, 0.2) is 30.3 Å². The molecule has 3 nitrogen and oxygen atoms in total. The second-order valence-corrected chi connectivity index (χ2v) is 5.83. The summed E-state index contributed by atoms with van der Waals surface area (Å²) in [5.74, 6) is 0.703. The smallest absolute Gasteiger partial charge is 0.351 e. The lowest BCUT2D eigenvalue weighted by atomic mass is 10.0. The quantitative estimate of drug-likeness (QED) is 0.786. The minimum atomic E-state index is -0.364. The number of hydrogen-bond acceptors (Lipinski definition) is 4. The predicted octanol–water partition coefficient (Wildman–Crippen LogP) is 4.33. The van der Waals surface area contributed by atoms with Gasteiger partial charge in [0.05, 0.1) is 14.2 Å². The zero-order valence-electron chi connectivity index (χ0n) is 12.1. The summed E-state index contributed by atoms with van der Waals surface area (Å²) < 4.78 is 10.0. The lowest BCUT2D eigenvalue weighted by molar-refractivity contribution is 0.0603. The lowest BCUT2D eigenvalue weighted by Gasteiger charge is -2.05. The van der Waals surface area contributed by atoms with Gasteiger partial charge in [-0.25, -0.2) is 4.79 Å². The maximum absolute atomic E-state index is 11.7. The topological polar surface area (TPSA) is 35.5 Å². The molecule has 0 saturated carbocycles. The van der Waals surface area contributed by atoms with Gasteiger partial charge >= 0.3 is 5.97 Å². The molecule has 20 heavy (non-hydrogen) atoms. The number of thiophene rings is 1. The van der Waals surface area contributed by atoms with Crippen molar-refractivity contribution in [1.29, 1.82) is 0 Å². The van der Waals surface area contributed by atoms with Crippen LogP contribution in [0.1, 0.15) is 35.0 Å². The predicted molar refractivity (Wildman–Crippen MR) is 81.7 cm³/mol. The molecule has 0 amide bonds. The fourth-order valence-electron chi connectivity index (χ4n) is 1.94. The second kappa shape index (κ2) is 6.09. The van der Waals surface area contributed by atoms with Crippen molar-refractivity contribution in [2.45, 2.75) is 19.8 Å². The Hall–Kier alpha value is -1.81. The Morgan fingerprint density at radius 1 is 1.15 bits per heavy atom. The molecule has 0 atom stereocenters. The Morgan fingerprint density at radius 2 is 1.80 bits per heavy atom. The van der Waals surface area contributed by atoms with Crippen LogP contribution in [0.25, 0.3) is 10.4 Å². The van der Waals surface area contributed by atoms with Crippen LogP contribution in [-0.4, -0.2) is 20.2 Å². The average Bonchev–Trinajstić information content (AvgIpc) is 2.90. The van der Waals surface area contributed by atoms with E-state index in [-0.39, 0.29) is 5.97 Å². The number of carbonyl (C=O) groups is 1. The third kappa shape index (κ3) is 2.85. The van der Waals surface area contributed by atoms with Gasteiger partial charge in [-0.2, -0.15) is 0 Å². The number of methoxy groups -OCH3 is 2. The van der Waals surface area contributed by atoms with Gasteiger partial charge in [-0.3, -0.25) is 0 Å². The van der Waals surface area contributed by atoms with E-state index in [0.29, 0.717) is 16.5 Å². The molecular formula is C16H18O3S. The number of ether oxygens (including phenoxy) is 2. The lowest BCUT2D eigenvalue weighted by Crippen LogP contribution is -1.99. The van der Waals surface area contributed by atoms with E-state index >= 15 is 0 Å². The van der Waals surface area contributed by atoms with Crippen LogP contribution in [0.2, 0.25) is 0 Å². The molecule has 1 aromatic heterocycles. The highest BCUT2D eigenvalue weighted by molar-refractivity contribution is 7.17. The summed E-state index contributed by atoms with van der Waals surface area (Å²) in [4.78, 5) is 13.2. The van der Waals surface area contributed by atoms with Crippen molar-refractivity contribution < 1.29 is 14.3 Å². The van der Waals surface area contributed by atoms with Crippen molar-refractivity contribution in [2.24, 2.45) is 0 Å². The molecule has 1 heterocycles. The van der Waals surface area contributed by atoms with Gasteiger partial charge in [-0.1, -0.05) is 38.1 Å². The summed E-state index contributed by atoms with van der Waals surface area (Å²) in [6, 6.07) is 10.2. The molecule has 4 heteroatoms. The average molecular weight is 290 g/mol. The van der Waals surface area contributed by atoms with E-state index in [9.17, 15) is 4.79 Å². The standard InChI is InChI=1S/C16H18O3S/c1-10(2)11-5-7-12(8-6-11)14-9-13(18-3)15(20-14)16(17)19-4/h5-10H,1-4H3. The zero-order valence-corrected chi connectivity index (χ0v) is 12.9. The highest BCUT2D eigenvalue weighted by Crippen LogP contribution is 2.37. The number of hydrogen-bond donors (Lipinski definition) is 0. The Labute approximate surface area is 123 Å². The Balaban J connectivity index is 2.37. The highest BCUT2D eigenvalue weighted by atomic mass is 32.1. The van der Waals surface area contributed by atoms with Gasteiger partial charge in [0.2, 0.25) is 0 Å². The van der Waals surface area contributed by atoms with E-state index in [4.69, 9.17) is 9.47 Å². The first-order valence-corrected chi connectivity index (χ1v) is 7.25. The molecule has 2 aromatic rings. The van der Waals surface area contributed by atoms with Gasteiger partial charge < -0.3 is 9.47 Å².